The number of nitrogens with zero attached hydrogens (tertiary/aromatic N) is 4. The van der Waals surface area contributed by atoms with Crippen LogP contribution in [0.3, 0.4) is 0 Å². The zero-order valence-corrected chi connectivity index (χ0v) is 15.4. The first-order valence-electron chi connectivity index (χ1n) is 8.26. The summed E-state index contributed by atoms with van der Waals surface area (Å²) in [6, 6.07) is 15.9. The lowest BCUT2D eigenvalue weighted by molar-refractivity contribution is 0.290. The van der Waals surface area contributed by atoms with Gasteiger partial charge in [0, 0.05) is 0 Å². The number of ether oxygens (including phenoxy) is 2. The van der Waals surface area contributed by atoms with Crippen molar-refractivity contribution in [2.45, 2.75) is 27.1 Å². The van der Waals surface area contributed by atoms with Gasteiger partial charge in [-0.1, -0.05) is 46.7 Å². The van der Waals surface area contributed by atoms with Gasteiger partial charge in [-0.2, -0.15) is 9.61 Å². The van der Waals surface area contributed by atoms with Gasteiger partial charge < -0.3 is 9.47 Å². The SMILES string of the molecule is Cc1ccc(OCc2nn3c(COc4ccc(C)cc4)nnc3s2)cc1. The lowest BCUT2D eigenvalue weighted by atomic mass is 10.2. The number of fused-ring (bicyclic) bond motifs is 1. The predicted octanol–water partition coefficient (Wildman–Crippen LogP) is 3.96. The molecular formula is C19H18N4O2S. The highest BCUT2D eigenvalue weighted by atomic mass is 32.1. The van der Waals surface area contributed by atoms with Crippen LogP contribution in [0.4, 0.5) is 0 Å². The third kappa shape index (κ3) is 3.67. The van der Waals surface area contributed by atoms with Crippen molar-refractivity contribution in [2.24, 2.45) is 0 Å². The molecule has 0 unspecified atom stereocenters. The number of hydrogen-bond donors (Lipinski definition) is 0. The van der Waals surface area contributed by atoms with E-state index in [9.17, 15) is 0 Å². The molecule has 0 aliphatic carbocycles. The van der Waals surface area contributed by atoms with Crippen LogP contribution in [0, 0.1) is 13.8 Å². The molecule has 0 saturated heterocycles. The Labute approximate surface area is 155 Å². The molecule has 0 fully saturated rings. The van der Waals surface area contributed by atoms with Crippen LogP contribution >= 0.6 is 11.3 Å². The van der Waals surface area contributed by atoms with E-state index in [0.29, 0.717) is 19.0 Å². The van der Waals surface area contributed by atoms with Crippen molar-refractivity contribution >= 4 is 16.3 Å². The maximum atomic E-state index is 5.78. The lowest BCUT2D eigenvalue weighted by Gasteiger charge is -2.04. The third-order valence-corrected chi connectivity index (χ3v) is 4.74. The Balaban J connectivity index is 1.42. The van der Waals surface area contributed by atoms with Crippen LogP contribution in [0.15, 0.2) is 48.5 Å². The monoisotopic (exact) mass is 366 g/mol. The third-order valence-electron chi connectivity index (χ3n) is 3.87. The average molecular weight is 366 g/mol. The highest BCUT2D eigenvalue weighted by Crippen LogP contribution is 2.19. The van der Waals surface area contributed by atoms with E-state index in [1.54, 1.807) is 4.52 Å². The molecule has 2 heterocycles. The van der Waals surface area contributed by atoms with Gasteiger partial charge in [0.2, 0.25) is 4.96 Å². The second-order valence-corrected chi connectivity index (χ2v) is 7.05. The molecule has 0 radical (unpaired) electrons. The first kappa shape index (κ1) is 16.5. The Hall–Kier alpha value is -2.93. The summed E-state index contributed by atoms with van der Waals surface area (Å²) in [6.45, 7) is 4.80. The fourth-order valence-electron chi connectivity index (χ4n) is 2.41. The Morgan fingerprint density at radius 1 is 0.808 bits per heavy atom. The Morgan fingerprint density at radius 2 is 1.38 bits per heavy atom. The predicted molar refractivity (Wildman–Crippen MR) is 99.7 cm³/mol. The molecule has 2 aromatic heterocycles. The van der Waals surface area contributed by atoms with Crippen molar-refractivity contribution in [3.8, 4) is 11.5 Å². The summed E-state index contributed by atoms with van der Waals surface area (Å²) in [5.41, 5.74) is 2.40. The molecule has 0 atom stereocenters. The molecule has 7 heteroatoms. The molecule has 4 rings (SSSR count). The first-order chi connectivity index (χ1) is 12.7. The number of hydrogen-bond acceptors (Lipinski definition) is 6. The maximum absolute atomic E-state index is 5.78. The van der Waals surface area contributed by atoms with Gasteiger partial charge in [-0.3, -0.25) is 0 Å². The Kier molecular flexibility index (Phi) is 4.53. The Bertz CT molecular complexity index is 1010. The summed E-state index contributed by atoms with van der Waals surface area (Å²) in [6.07, 6.45) is 0. The molecule has 4 aromatic rings. The van der Waals surface area contributed by atoms with E-state index in [2.05, 4.69) is 15.3 Å². The van der Waals surface area contributed by atoms with Gasteiger partial charge in [0.15, 0.2) is 10.8 Å². The standard InChI is InChI=1S/C19H18N4O2S/c1-13-3-7-15(8-4-13)24-11-17-20-21-19-23(17)22-18(26-19)12-25-16-9-5-14(2)6-10-16/h3-10H,11-12H2,1-2H3. The van der Waals surface area contributed by atoms with E-state index in [1.807, 2.05) is 62.4 Å². The van der Waals surface area contributed by atoms with Crippen molar-refractivity contribution in [3.05, 3.63) is 70.5 Å². The van der Waals surface area contributed by atoms with E-state index >= 15 is 0 Å². The molecule has 0 bridgehead atoms. The molecule has 0 spiro atoms. The quantitative estimate of drug-likeness (QED) is 0.517. The minimum atomic E-state index is 0.312. The fourth-order valence-corrected chi connectivity index (χ4v) is 3.17. The number of benzene rings is 2. The zero-order chi connectivity index (χ0) is 17.9. The molecule has 6 nitrogen and oxygen atoms in total. The van der Waals surface area contributed by atoms with Crippen molar-refractivity contribution in [1.29, 1.82) is 0 Å². The van der Waals surface area contributed by atoms with Gasteiger partial charge in [0.1, 0.15) is 24.7 Å². The van der Waals surface area contributed by atoms with Gasteiger partial charge in [-0.05, 0) is 38.1 Å². The number of aryl methyl sites for hydroxylation is 2. The summed E-state index contributed by atoms with van der Waals surface area (Å²) in [7, 11) is 0. The molecule has 132 valence electrons. The second kappa shape index (κ2) is 7.13. The van der Waals surface area contributed by atoms with E-state index < -0.39 is 0 Å². The van der Waals surface area contributed by atoms with E-state index in [4.69, 9.17) is 9.47 Å². The molecule has 0 saturated carbocycles. The summed E-state index contributed by atoms with van der Waals surface area (Å²) < 4.78 is 13.3. The highest BCUT2D eigenvalue weighted by molar-refractivity contribution is 7.16. The van der Waals surface area contributed by atoms with Crippen LogP contribution in [0.25, 0.3) is 4.96 Å². The van der Waals surface area contributed by atoms with Gasteiger partial charge in [-0.15, -0.1) is 10.2 Å². The van der Waals surface area contributed by atoms with Crippen LogP contribution in [0.2, 0.25) is 0 Å². The van der Waals surface area contributed by atoms with E-state index in [-0.39, 0.29) is 0 Å². The van der Waals surface area contributed by atoms with Crippen LogP contribution in [-0.4, -0.2) is 19.8 Å². The molecule has 0 aliphatic rings. The minimum Gasteiger partial charge on any atom is -0.486 e. The van der Waals surface area contributed by atoms with Gasteiger partial charge in [-0.25, -0.2) is 0 Å². The van der Waals surface area contributed by atoms with Crippen molar-refractivity contribution in [3.63, 3.8) is 0 Å². The van der Waals surface area contributed by atoms with Crippen molar-refractivity contribution in [2.75, 3.05) is 0 Å². The second-order valence-electron chi connectivity index (χ2n) is 6.01. The highest BCUT2D eigenvalue weighted by Gasteiger charge is 2.12. The van der Waals surface area contributed by atoms with Gasteiger partial charge in [0.05, 0.1) is 0 Å². The molecule has 0 aliphatic heterocycles. The summed E-state index contributed by atoms with van der Waals surface area (Å²) in [5.74, 6) is 2.29. The topological polar surface area (TPSA) is 61.5 Å². The minimum absolute atomic E-state index is 0.312. The number of aromatic nitrogens is 4. The smallest absolute Gasteiger partial charge is 0.234 e. The van der Waals surface area contributed by atoms with Gasteiger partial charge >= 0.3 is 0 Å². The van der Waals surface area contributed by atoms with Crippen molar-refractivity contribution < 1.29 is 9.47 Å². The summed E-state index contributed by atoms with van der Waals surface area (Å²) in [4.78, 5) is 0.731. The molecule has 0 N–H and O–H groups in total. The fraction of sp³-hybridized carbons (Fsp3) is 0.211. The molecule has 0 amide bonds. The maximum Gasteiger partial charge on any atom is 0.234 e. The van der Waals surface area contributed by atoms with E-state index in [0.717, 1.165) is 21.5 Å². The van der Waals surface area contributed by atoms with E-state index in [1.165, 1.54) is 22.5 Å². The summed E-state index contributed by atoms with van der Waals surface area (Å²) >= 11 is 1.46. The number of rotatable bonds is 6. The lowest BCUT2D eigenvalue weighted by Crippen LogP contribution is -2.03. The largest absolute Gasteiger partial charge is 0.486 e. The zero-order valence-electron chi connectivity index (χ0n) is 14.5. The normalized spacial score (nSPS) is 11.0. The Morgan fingerprint density at radius 3 is 2.00 bits per heavy atom. The van der Waals surface area contributed by atoms with Crippen LogP contribution < -0.4 is 9.47 Å². The van der Waals surface area contributed by atoms with Crippen LogP contribution in [-0.2, 0) is 13.2 Å². The molecule has 26 heavy (non-hydrogen) atoms. The first-order valence-corrected chi connectivity index (χ1v) is 9.08. The van der Waals surface area contributed by atoms with Crippen LogP contribution in [0.1, 0.15) is 22.0 Å². The van der Waals surface area contributed by atoms with Gasteiger partial charge in [0.25, 0.3) is 0 Å². The molecule has 2 aromatic carbocycles. The van der Waals surface area contributed by atoms with Crippen LogP contribution in [0.5, 0.6) is 11.5 Å². The average Bonchev–Trinajstić information content (AvgIpc) is 3.21. The van der Waals surface area contributed by atoms with Crippen molar-refractivity contribution in [1.82, 2.24) is 19.8 Å². The molecular weight excluding hydrogens is 348 g/mol. The summed E-state index contributed by atoms with van der Waals surface area (Å²) in [5, 5.41) is 13.7.